The molecule has 0 saturated carbocycles. The maximum Gasteiger partial charge on any atom is 0.242 e. The van der Waals surface area contributed by atoms with Crippen LogP contribution in [0.2, 0.25) is 5.02 Å². The highest BCUT2D eigenvalue weighted by Crippen LogP contribution is 2.21. The number of nitrogens with one attached hydrogen (secondary N) is 1. The van der Waals surface area contributed by atoms with Crippen LogP contribution in [0.25, 0.3) is 0 Å². The maximum atomic E-state index is 12.0. The second kappa shape index (κ2) is 7.05. The third kappa shape index (κ3) is 5.32. The van der Waals surface area contributed by atoms with Crippen molar-refractivity contribution in [3.8, 4) is 0 Å². The lowest BCUT2D eigenvalue weighted by Crippen LogP contribution is -2.27. The van der Waals surface area contributed by atoms with Crippen molar-refractivity contribution in [2.75, 3.05) is 19.8 Å². The summed E-state index contributed by atoms with van der Waals surface area (Å²) in [5, 5.41) is 0.218. The zero-order valence-corrected chi connectivity index (χ0v) is 12.6. The number of hydrogen-bond acceptors (Lipinski definition) is 3. The van der Waals surface area contributed by atoms with Gasteiger partial charge in [0, 0.05) is 6.54 Å². The Bertz CT molecular complexity index is 555. The van der Waals surface area contributed by atoms with Gasteiger partial charge in [0.05, 0.1) is 18.2 Å². The van der Waals surface area contributed by atoms with Gasteiger partial charge in [0.15, 0.2) is 0 Å². The lowest BCUT2D eigenvalue weighted by molar-refractivity contribution is 0.162. The molecular weight excluding hydrogens is 286 g/mol. The Kier molecular flexibility index (Phi) is 6.00. The van der Waals surface area contributed by atoms with Gasteiger partial charge < -0.3 is 4.74 Å². The first-order chi connectivity index (χ1) is 8.83. The molecule has 0 unspecified atom stereocenters. The summed E-state index contributed by atoms with van der Waals surface area (Å²) in [5.41, 5.74) is 1.80. The molecule has 0 fully saturated rings. The predicted octanol–water partition coefficient (Wildman–Crippen LogP) is 2.52. The third-order valence-electron chi connectivity index (χ3n) is 2.26. The third-order valence-corrected chi connectivity index (χ3v) is 4.21. The molecule has 19 heavy (non-hydrogen) atoms. The van der Waals surface area contributed by atoms with Crippen molar-refractivity contribution >= 4 is 21.6 Å². The minimum atomic E-state index is -3.59. The van der Waals surface area contributed by atoms with Gasteiger partial charge in [-0.15, -0.1) is 0 Å². The molecule has 1 rings (SSSR count). The van der Waals surface area contributed by atoms with Crippen LogP contribution in [0, 0.1) is 6.92 Å². The van der Waals surface area contributed by atoms with Gasteiger partial charge in [-0.25, -0.2) is 13.1 Å². The Labute approximate surface area is 119 Å². The van der Waals surface area contributed by atoms with E-state index in [1.165, 1.54) is 6.07 Å². The van der Waals surface area contributed by atoms with Gasteiger partial charge in [0.1, 0.15) is 4.90 Å². The van der Waals surface area contributed by atoms with Gasteiger partial charge in [-0.2, -0.15) is 0 Å². The summed E-state index contributed by atoms with van der Waals surface area (Å²) in [5.74, 6) is 0. The molecule has 0 radical (unpaired) electrons. The molecule has 0 aliphatic rings. The van der Waals surface area contributed by atoms with E-state index in [0.29, 0.717) is 6.61 Å². The summed E-state index contributed by atoms with van der Waals surface area (Å²) in [6, 6.07) is 4.82. The summed E-state index contributed by atoms with van der Waals surface area (Å²) < 4.78 is 31.6. The van der Waals surface area contributed by atoms with E-state index in [-0.39, 0.29) is 23.1 Å². The van der Waals surface area contributed by atoms with Crippen molar-refractivity contribution in [2.45, 2.75) is 18.7 Å². The molecule has 0 spiro atoms. The maximum absolute atomic E-state index is 12.0. The Balaban J connectivity index is 2.59. The van der Waals surface area contributed by atoms with Crippen LogP contribution in [0.5, 0.6) is 0 Å². The summed E-state index contributed by atoms with van der Waals surface area (Å²) in [6.07, 6.45) is 0. The fourth-order valence-corrected chi connectivity index (χ4v) is 3.01. The zero-order valence-electron chi connectivity index (χ0n) is 11.1. The highest BCUT2D eigenvalue weighted by atomic mass is 35.5. The lowest BCUT2D eigenvalue weighted by Gasteiger charge is -2.09. The fraction of sp³-hybridized carbons (Fsp3) is 0.385. The van der Waals surface area contributed by atoms with E-state index in [9.17, 15) is 8.42 Å². The number of benzene rings is 1. The normalized spacial score (nSPS) is 11.5. The van der Waals surface area contributed by atoms with E-state index >= 15 is 0 Å². The molecule has 4 nitrogen and oxygen atoms in total. The van der Waals surface area contributed by atoms with Crippen LogP contribution in [-0.4, -0.2) is 28.2 Å². The standard InChI is InChI=1S/C13H18ClNO3S/c1-10(2)9-18-7-6-15-19(16,17)13-5-4-11(3)8-12(13)14/h4-5,8,15H,1,6-7,9H2,2-3H3. The smallest absolute Gasteiger partial charge is 0.242 e. The molecule has 6 heteroatoms. The Hall–Kier alpha value is -0.880. The van der Waals surface area contributed by atoms with E-state index in [2.05, 4.69) is 11.3 Å². The minimum absolute atomic E-state index is 0.0830. The average molecular weight is 304 g/mol. The van der Waals surface area contributed by atoms with Gasteiger partial charge in [0.2, 0.25) is 10.0 Å². The quantitative estimate of drug-likeness (QED) is 0.622. The van der Waals surface area contributed by atoms with Crippen molar-refractivity contribution in [1.29, 1.82) is 0 Å². The largest absolute Gasteiger partial charge is 0.376 e. The predicted molar refractivity (Wildman–Crippen MR) is 77.0 cm³/mol. The van der Waals surface area contributed by atoms with Crippen molar-refractivity contribution in [3.05, 3.63) is 40.9 Å². The average Bonchev–Trinajstić information content (AvgIpc) is 2.27. The second-order valence-electron chi connectivity index (χ2n) is 4.34. The Morgan fingerprint density at radius 1 is 1.47 bits per heavy atom. The van der Waals surface area contributed by atoms with Crippen LogP contribution in [0.4, 0.5) is 0 Å². The molecule has 0 aliphatic carbocycles. The van der Waals surface area contributed by atoms with Crippen LogP contribution in [0.3, 0.4) is 0 Å². The van der Waals surface area contributed by atoms with E-state index < -0.39 is 10.0 Å². The highest BCUT2D eigenvalue weighted by Gasteiger charge is 2.16. The Morgan fingerprint density at radius 3 is 2.74 bits per heavy atom. The summed E-state index contributed by atoms with van der Waals surface area (Å²) >= 11 is 5.93. The van der Waals surface area contributed by atoms with Crippen molar-refractivity contribution in [3.63, 3.8) is 0 Å². The van der Waals surface area contributed by atoms with Crippen LogP contribution in [-0.2, 0) is 14.8 Å². The molecule has 0 bridgehead atoms. The number of rotatable bonds is 7. The number of aryl methyl sites for hydroxylation is 1. The number of ether oxygens (including phenoxy) is 1. The molecule has 0 saturated heterocycles. The van der Waals surface area contributed by atoms with Crippen molar-refractivity contribution in [1.82, 2.24) is 4.72 Å². The van der Waals surface area contributed by atoms with Gasteiger partial charge in [-0.1, -0.05) is 29.8 Å². The molecule has 106 valence electrons. The molecule has 0 amide bonds. The summed E-state index contributed by atoms with van der Waals surface area (Å²) in [4.78, 5) is 0.0830. The molecule has 0 aromatic heterocycles. The van der Waals surface area contributed by atoms with Gasteiger partial charge in [-0.05, 0) is 31.5 Å². The molecule has 0 heterocycles. The SMILES string of the molecule is C=C(C)COCCNS(=O)(=O)c1ccc(C)cc1Cl. The van der Waals surface area contributed by atoms with Crippen molar-refractivity contribution < 1.29 is 13.2 Å². The van der Waals surface area contributed by atoms with E-state index in [1.807, 2.05) is 13.8 Å². The van der Waals surface area contributed by atoms with E-state index in [0.717, 1.165) is 11.1 Å². The second-order valence-corrected chi connectivity index (χ2v) is 6.48. The molecule has 0 atom stereocenters. The monoisotopic (exact) mass is 303 g/mol. The highest BCUT2D eigenvalue weighted by molar-refractivity contribution is 7.89. The van der Waals surface area contributed by atoms with E-state index in [1.54, 1.807) is 12.1 Å². The van der Waals surface area contributed by atoms with Crippen LogP contribution in [0.15, 0.2) is 35.2 Å². The van der Waals surface area contributed by atoms with Gasteiger partial charge in [0.25, 0.3) is 0 Å². The summed E-state index contributed by atoms with van der Waals surface area (Å²) in [7, 11) is -3.59. The fourth-order valence-electron chi connectivity index (χ4n) is 1.40. The molecule has 1 aromatic rings. The van der Waals surface area contributed by atoms with Crippen LogP contribution in [0.1, 0.15) is 12.5 Å². The topological polar surface area (TPSA) is 55.4 Å². The minimum Gasteiger partial charge on any atom is -0.376 e. The van der Waals surface area contributed by atoms with Crippen molar-refractivity contribution in [2.24, 2.45) is 0 Å². The number of sulfonamides is 1. The lowest BCUT2D eigenvalue weighted by atomic mass is 10.2. The van der Waals surface area contributed by atoms with E-state index in [4.69, 9.17) is 16.3 Å². The summed E-state index contributed by atoms with van der Waals surface area (Å²) in [6.45, 7) is 8.28. The Morgan fingerprint density at radius 2 is 2.16 bits per heavy atom. The molecule has 1 aromatic carbocycles. The first-order valence-corrected chi connectivity index (χ1v) is 7.67. The van der Waals surface area contributed by atoms with Gasteiger partial charge in [-0.3, -0.25) is 0 Å². The first-order valence-electron chi connectivity index (χ1n) is 5.81. The molecule has 1 N–H and O–H groups in total. The molecular formula is C13H18ClNO3S. The zero-order chi connectivity index (χ0) is 14.5. The molecule has 0 aliphatic heterocycles. The van der Waals surface area contributed by atoms with Gasteiger partial charge >= 0.3 is 0 Å². The number of halogens is 1. The van der Waals surface area contributed by atoms with Crippen LogP contribution >= 0.6 is 11.6 Å². The first kappa shape index (κ1) is 16.2. The van der Waals surface area contributed by atoms with Crippen LogP contribution < -0.4 is 4.72 Å². The number of hydrogen-bond donors (Lipinski definition) is 1.